The summed E-state index contributed by atoms with van der Waals surface area (Å²) in [6.07, 6.45) is 9.33. The minimum atomic E-state index is -0.630. The number of hydrogen-bond donors (Lipinski definition) is 0. The summed E-state index contributed by atoms with van der Waals surface area (Å²) in [5.41, 5.74) is 20.9. The second kappa shape index (κ2) is 15.7. The normalized spacial score (nSPS) is 11.8. The molecule has 0 unspecified atom stereocenters. The van der Waals surface area contributed by atoms with Gasteiger partial charge in [0, 0.05) is 0 Å². The number of aryl methyl sites for hydroxylation is 2. The Hall–Kier alpha value is -3.39. The van der Waals surface area contributed by atoms with Gasteiger partial charge in [0.05, 0.1) is 0 Å². The molecule has 0 spiro atoms. The molecule has 0 nitrogen and oxygen atoms in total. The minimum absolute atomic E-state index is 0. The molecule has 0 fully saturated rings. The molecule has 0 aromatic heterocycles. The fraction of sp³-hybridized carbons (Fsp3) is 0.217. The van der Waals surface area contributed by atoms with Crippen LogP contribution in [0.25, 0.3) is 44.5 Å². The molecule has 0 bridgehead atoms. The molecule has 8 rings (SSSR count). The third-order valence-electron chi connectivity index (χ3n) is 10.4. The van der Waals surface area contributed by atoms with E-state index < -0.39 is 19.2 Å². The zero-order chi connectivity index (χ0) is 31.7. The smallest absolute Gasteiger partial charge is 1.00 e. The summed E-state index contributed by atoms with van der Waals surface area (Å²) in [6.45, 7) is 4.68. The zero-order valence-electron chi connectivity index (χ0n) is 28.5. The van der Waals surface area contributed by atoms with Crippen LogP contribution >= 0.6 is 0 Å². The molecule has 2 aliphatic carbocycles. The van der Waals surface area contributed by atoms with Gasteiger partial charge in [-0.15, -0.1) is 0 Å². The molecule has 0 saturated heterocycles. The molecular formula is C46H42Cl2Ti. The summed E-state index contributed by atoms with van der Waals surface area (Å²) in [5, 5.41) is 0. The molecule has 6 aromatic carbocycles. The SMILES string of the molecule is CCCCc1cc(-c2ccccc2)c2c([c]1[Ti+2][c]1c(CCCC)cc(-c3ccccc3)c3c1Cc1ccccc1-3)Cc1ccccc1-2.[Cl-].[Cl-]. The van der Waals surface area contributed by atoms with E-state index in [-0.39, 0.29) is 24.8 Å². The van der Waals surface area contributed by atoms with Crippen LogP contribution in [0.2, 0.25) is 0 Å². The summed E-state index contributed by atoms with van der Waals surface area (Å²) in [7, 11) is 0. The second-order valence-electron chi connectivity index (χ2n) is 13.4. The van der Waals surface area contributed by atoms with Crippen molar-refractivity contribution in [2.75, 3.05) is 0 Å². The summed E-state index contributed by atoms with van der Waals surface area (Å²) >= 11 is -0.630. The molecule has 0 heterocycles. The van der Waals surface area contributed by atoms with Gasteiger partial charge in [0.25, 0.3) is 0 Å². The van der Waals surface area contributed by atoms with Crippen LogP contribution in [0.4, 0.5) is 0 Å². The van der Waals surface area contributed by atoms with Crippen molar-refractivity contribution >= 4 is 7.74 Å². The quantitative estimate of drug-likeness (QED) is 0.177. The van der Waals surface area contributed by atoms with Crippen LogP contribution in [-0.4, -0.2) is 0 Å². The van der Waals surface area contributed by atoms with E-state index in [1.54, 1.807) is 30.0 Å². The first-order chi connectivity index (χ1) is 23.2. The minimum Gasteiger partial charge on any atom is -1.00 e. The first-order valence-corrected chi connectivity index (χ1v) is 19.2. The van der Waals surface area contributed by atoms with Crippen LogP contribution in [0.15, 0.2) is 121 Å². The van der Waals surface area contributed by atoms with E-state index in [2.05, 4.69) is 135 Å². The number of hydrogen-bond acceptors (Lipinski definition) is 0. The molecule has 0 N–H and O–H groups in total. The predicted octanol–water partition coefficient (Wildman–Crippen LogP) is 4.89. The second-order valence-corrected chi connectivity index (χ2v) is 15.3. The first-order valence-electron chi connectivity index (χ1n) is 17.7. The zero-order valence-corrected chi connectivity index (χ0v) is 31.5. The fourth-order valence-electron chi connectivity index (χ4n) is 8.04. The summed E-state index contributed by atoms with van der Waals surface area (Å²) < 4.78 is 3.43. The van der Waals surface area contributed by atoms with Crippen molar-refractivity contribution in [3.63, 3.8) is 0 Å². The van der Waals surface area contributed by atoms with Gasteiger partial charge in [-0.05, 0) is 0 Å². The average molecular weight is 714 g/mol. The molecule has 0 saturated carbocycles. The predicted molar refractivity (Wildman–Crippen MR) is 197 cm³/mol. The third kappa shape index (κ3) is 6.62. The van der Waals surface area contributed by atoms with Crippen LogP contribution in [0.3, 0.4) is 0 Å². The Kier molecular flexibility index (Phi) is 11.3. The molecule has 6 aromatic rings. The first kappa shape index (κ1) is 35.4. The maximum absolute atomic E-state index is 2.61. The summed E-state index contributed by atoms with van der Waals surface area (Å²) in [6, 6.07) is 46.0. The number of benzene rings is 6. The molecular weight excluding hydrogens is 671 g/mol. The van der Waals surface area contributed by atoms with E-state index in [9.17, 15) is 0 Å². The van der Waals surface area contributed by atoms with Gasteiger partial charge in [-0.25, -0.2) is 0 Å². The van der Waals surface area contributed by atoms with Crippen LogP contribution in [0.1, 0.15) is 72.9 Å². The number of halogens is 2. The Balaban J connectivity index is 0.00000208. The molecule has 244 valence electrons. The summed E-state index contributed by atoms with van der Waals surface area (Å²) in [4.78, 5) is 0. The van der Waals surface area contributed by atoms with Gasteiger partial charge in [0.2, 0.25) is 0 Å². The summed E-state index contributed by atoms with van der Waals surface area (Å²) in [5.74, 6) is 0. The number of fused-ring (bicyclic) bond motifs is 6. The van der Waals surface area contributed by atoms with Crippen LogP contribution < -0.4 is 32.6 Å². The molecule has 0 amide bonds. The number of unbranched alkanes of at least 4 members (excludes halogenated alkanes) is 2. The van der Waals surface area contributed by atoms with Gasteiger partial charge >= 0.3 is 291 Å². The Bertz CT molecular complexity index is 1930. The van der Waals surface area contributed by atoms with Crippen molar-refractivity contribution in [2.45, 2.75) is 65.2 Å². The van der Waals surface area contributed by atoms with E-state index in [4.69, 9.17) is 0 Å². The standard InChI is InChI=1S/2C23H21.2ClH.Ti/c2*1-2-3-9-17-14-20-16-19-12-7-8-13-21(19)23(20)22(15-17)18-10-5-4-6-11-18;;;/h2*4-8,10-13,15H,2-3,9,16H2,1H3;2*1H;/q;;;;+2/p-2. The van der Waals surface area contributed by atoms with Crippen LogP contribution in [0.5, 0.6) is 0 Å². The van der Waals surface area contributed by atoms with Gasteiger partial charge in [-0.3, -0.25) is 0 Å². The van der Waals surface area contributed by atoms with Gasteiger partial charge in [0.1, 0.15) is 0 Å². The molecule has 0 aliphatic heterocycles. The Morgan fingerprint density at radius 2 is 0.857 bits per heavy atom. The van der Waals surface area contributed by atoms with Crippen LogP contribution in [-0.2, 0) is 44.8 Å². The van der Waals surface area contributed by atoms with Crippen molar-refractivity contribution < 1.29 is 44.0 Å². The van der Waals surface area contributed by atoms with Gasteiger partial charge in [-0.2, -0.15) is 0 Å². The van der Waals surface area contributed by atoms with Crippen molar-refractivity contribution in [2.24, 2.45) is 0 Å². The molecule has 0 atom stereocenters. The van der Waals surface area contributed by atoms with Gasteiger partial charge < -0.3 is 24.8 Å². The maximum atomic E-state index is 2.61. The van der Waals surface area contributed by atoms with Gasteiger partial charge in [-0.1, -0.05) is 0 Å². The molecule has 2 aliphatic rings. The molecule has 0 radical (unpaired) electrons. The Labute approximate surface area is 314 Å². The molecule has 3 heteroatoms. The van der Waals surface area contributed by atoms with E-state index in [0.717, 1.165) is 25.7 Å². The third-order valence-corrected chi connectivity index (χ3v) is 13.1. The van der Waals surface area contributed by atoms with E-state index in [1.807, 2.05) is 0 Å². The van der Waals surface area contributed by atoms with Crippen LogP contribution in [0, 0.1) is 0 Å². The van der Waals surface area contributed by atoms with Crippen molar-refractivity contribution in [3.8, 4) is 44.5 Å². The molecule has 49 heavy (non-hydrogen) atoms. The average Bonchev–Trinajstić information content (AvgIpc) is 3.71. The van der Waals surface area contributed by atoms with Crippen molar-refractivity contribution in [1.29, 1.82) is 0 Å². The van der Waals surface area contributed by atoms with Crippen molar-refractivity contribution in [1.82, 2.24) is 0 Å². The maximum Gasteiger partial charge on any atom is -1.00 e. The Morgan fingerprint density at radius 3 is 1.27 bits per heavy atom. The van der Waals surface area contributed by atoms with E-state index in [1.165, 1.54) is 81.3 Å². The number of rotatable bonds is 10. The Morgan fingerprint density at radius 1 is 0.469 bits per heavy atom. The van der Waals surface area contributed by atoms with E-state index in [0.29, 0.717) is 0 Å². The van der Waals surface area contributed by atoms with E-state index >= 15 is 0 Å². The van der Waals surface area contributed by atoms with Gasteiger partial charge in [0.15, 0.2) is 0 Å². The van der Waals surface area contributed by atoms with Crippen molar-refractivity contribution in [3.05, 3.63) is 155 Å². The fourth-order valence-corrected chi connectivity index (χ4v) is 10.7. The monoisotopic (exact) mass is 712 g/mol. The topological polar surface area (TPSA) is 0 Å². The largest absolute Gasteiger partial charge is 1.00 e.